The minimum atomic E-state index is 0.0848. The average molecular weight is 242 g/mol. The first-order chi connectivity index (χ1) is 8.40. The fourth-order valence-electron chi connectivity index (χ4n) is 1.53. The molecule has 1 atom stereocenters. The highest BCUT2D eigenvalue weighted by molar-refractivity contribution is 7.80. The number of nitrogens with zero attached hydrogens (tertiary/aromatic N) is 2. The zero-order valence-corrected chi connectivity index (χ0v) is 10.3. The Hall–Kier alpha value is -1.61. The van der Waals surface area contributed by atoms with E-state index in [0.717, 1.165) is 5.69 Å². The largest absolute Gasteiger partial charge is 0.282 e. The van der Waals surface area contributed by atoms with E-state index >= 15 is 0 Å². The summed E-state index contributed by atoms with van der Waals surface area (Å²) >= 11 is 4.34. The summed E-state index contributed by atoms with van der Waals surface area (Å²) in [7, 11) is 0. The van der Waals surface area contributed by atoms with E-state index in [1.165, 1.54) is 5.56 Å². The van der Waals surface area contributed by atoms with Crippen LogP contribution in [0, 0.1) is 0 Å². The first-order valence-corrected chi connectivity index (χ1v) is 6.13. The summed E-state index contributed by atoms with van der Waals surface area (Å²) in [5, 5.41) is 0. The Bertz CT molecular complexity index is 468. The lowest BCUT2D eigenvalue weighted by atomic mass is 10.1. The molecule has 1 aromatic carbocycles. The number of hydrogen-bond acceptors (Lipinski definition) is 3. The third-order valence-electron chi connectivity index (χ3n) is 2.43. The van der Waals surface area contributed by atoms with E-state index in [4.69, 9.17) is 0 Å². The molecular formula is C14H14N2S. The van der Waals surface area contributed by atoms with Gasteiger partial charge in [-0.15, -0.1) is 0 Å². The van der Waals surface area contributed by atoms with Crippen LogP contribution in [0.5, 0.6) is 0 Å². The van der Waals surface area contributed by atoms with Crippen molar-refractivity contribution in [3.63, 3.8) is 0 Å². The summed E-state index contributed by atoms with van der Waals surface area (Å²) in [5.41, 5.74) is 2.05. The third kappa shape index (κ3) is 3.43. The Morgan fingerprint density at radius 3 is 2.53 bits per heavy atom. The molecule has 1 aromatic heterocycles. The third-order valence-corrected chi connectivity index (χ3v) is 2.78. The zero-order chi connectivity index (χ0) is 11.9. The number of rotatable bonds is 4. The highest BCUT2D eigenvalue weighted by Crippen LogP contribution is 2.17. The van der Waals surface area contributed by atoms with E-state index in [9.17, 15) is 0 Å². The van der Waals surface area contributed by atoms with Gasteiger partial charge in [0, 0.05) is 18.2 Å². The van der Waals surface area contributed by atoms with Crippen LogP contribution in [0.1, 0.15) is 17.3 Å². The molecular weight excluding hydrogens is 228 g/mol. The molecule has 2 rings (SSSR count). The molecule has 86 valence electrons. The average Bonchev–Trinajstić information content (AvgIpc) is 2.42. The quantitative estimate of drug-likeness (QED) is 0.646. The second kappa shape index (κ2) is 6.21. The number of benzene rings is 1. The molecule has 0 spiro atoms. The minimum absolute atomic E-state index is 0.0848. The highest BCUT2D eigenvalue weighted by atomic mass is 32.1. The summed E-state index contributed by atoms with van der Waals surface area (Å²) < 4.78 is 0. The van der Waals surface area contributed by atoms with Crippen molar-refractivity contribution in [2.45, 2.75) is 6.04 Å². The summed E-state index contributed by atoms with van der Waals surface area (Å²) in [5.74, 6) is 0.688. The van der Waals surface area contributed by atoms with Crippen LogP contribution in [0.4, 0.5) is 0 Å². The van der Waals surface area contributed by atoms with Gasteiger partial charge in [-0.3, -0.25) is 9.98 Å². The number of hydrogen-bond donors (Lipinski definition) is 1. The van der Waals surface area contributed by atoms with E-state index in [2.05, 4.69) is 34.7 Å². The topological polar surface area (TPSA) is 25.2 Å². The maximum absolute atomic E-state index is 4.52. The molecule has 1 unspecified atom stereocenters. The molecule has 0 saturated heterocycles. The van der Waals surface area contributed by atoms with Gasteiger partial charge in [0.25, 0.3) is 0 Å². The maximum atomic E-state index is 4.52. The Labute approximate surface area is 107 Å². The summed E-state index contributed by atoms with van der Waals surface area (Å²) in [6.07, 6.45) is 3.56. The van der Waals surface area contributed by atoms with Crippen LogP contribution in [0.3, 0.4) is 0 Å². The van der Waals surface area contributed by atoms with Gasteiger partial charge in [0.2, 0.25) is 0 Å². The molecule has 1 heterocycles. The fraction of sp³-hybridized carbons (Fsp3) is 0.143. The van der Waals surface area contributed by atoms with Gasteiger partial charge in [0.1, 0.15) is 0 Å². The van der Waals surface area contributed by atoms with Crippen LogP contribution in [0.2, 0.25) is 0 Å². The number of pyridine rings is 1. The lowest BCUT2D eigenvalue weighted by Crippen LogP contribution is -1.98. The molecule has 3 heteroatoms. The van der Waals surface area contributed by atoms with Gasteiger partial charge < -0.3 is 0 Å². The van der Waals surface area contributed by atoms with Crippen molar-refractivity contribution in [2.75, 3.05) is 5.75 Å². The molecule has 0 amide bonds. The van der Waals surface area contributed by atoms with Crippen molar-refractivity contribution in [3.05, 3.63) is 66.0 Å². The molecule has 0 radical (unpaired) electrons. The molecule has 0 aliphatic heterocycles. The van der Waals surface area contributed by atoms with Gasteiger partial charge in [-0.2, -0.15) is 12.6 Å². The van der Waals surface area contributed by atoms with Crippen molar-refractivity contribution in [3.8, 4) is 0 Å². The van der Waals surface area contributed by atoms with E-state index in [0.29, 0.717) is 5.75 Å². The van der Waals surface area contributed by atoms with Crippen LogP contribution in [0.25, 0.3) is 0 Å². The Kier molecular flexibility index (Phi) is 4.33. The summed E-state index contributed by atoms with van der Waals surface area (Å²) in [6, 6.07) is 16.0. The zero-order valence-electron chi connectivity index (χ0n) is 9.40. The predicted octanol–water partition coefficient (Wildman–Crippen LogP) is 3.17. The second-order valence-electron chi connectivity index (χ2n) is 3.64. The maximum Gasteiger partial charge on any atom is 0.0837 e. The number of thiol groups is 1. The van der Waals surface area contributed by atoms with Crippen LogP contribution in [0.15, 0.2) is 59.7 Å². The van der Waals surface area contributed by atoms with Crippen molar-refractivity contribution >= 4 is 18.8 Å². The first kappa shape index (κ1) is 11.9. The first-order valence-electron chi connectivity index (χ1n) is 5.50. The SMILES string of the molecule is SCC(N=Cc1ccccn1)c1ccccc1. The van der Waals surface area contributed by atoms with Gasteiger partial charge >= 0.3 is 0 Å². The lowest BCUT2D eigenvalue weighted by Gasteiger charge is -2.08. The van der Waals surface area contributed by atoms with E-state index < -0.39 is 0 Å². The minimum Gasteiger partial charge on any atom is -0.282 e. The van der Waals surface area contributed by atoms with Gasteiger partial charge in [0.15, 0.2) is 0 Å². The van der Waals surface area contributed by atoms with Crippen LogP contribution in [-0.2, 0) is 0 Å². The standard InChI is InChI=1S/C14H14N2S/c17-11-14(12-6-2-1-3-7-12)16-10-13-8-4-5-9-15-13/h1-10,14,17H,11H2. The van der Waals surface area contributed by atoms with E-state index in [1.54, 1.807) is 12.4 Å². The normalized spacial score (nSPS) is 12.8. The highest BCUT2D eigenvalue weighted by Gasteiger charge is 2.05. The van der Waals surface area contributed by atoms with Gasteiger partial charge in [-0.05, 0) is 17.7 Å². The molecule has 17 heavy (non-hydrogen) atoms. The molecule has 0 aliphatic rings. The molecule has 0 saturated carbocycles. The molecule has 0 fully saturated rings. The van der Waals surface area contributed by atoms with Gasteiger partial charge in [-0.25, -0.2) is 0 Å². The Morgan fingerprint density at radius 2 is 1.88 bits per heavy atom. The molecule has 0 N–H and O–H groups in total. The Morgan fingerprint density at radius 1 is 1.12 bits per heavy atom. The molecule has 2 nitrogen and oxygen atoms in total. The smallest absolute Gasteiger partial charge is 0.0837 e. The van der Waals surface area contributed by atoms with Gasteiger partial charge in [-0.1, -0.05) is 36.4 Å². The summed E-state index contributed by atoms with van der Waals surface area (Å²) in [4.78, 5) is 8.72. The van der Waals surface area contributed by atoms with E-state index in [-0.39, 0.29) is 6.04 Å². The predicted molar refractivity (Wildman–Crippen MR) is 74.9 cm³/mol. The monoisotopic (exact) mass is 242 g/mol. The Balaban J connectivity index is 2.14. The molecule has 2 aromatic rings. The van der Waals surface area contributed by atoms with Crippen LogP contribution < -0.4 is 0 Å². The van der Waals surface area contributed by atoms with Crippen molar-refractivity contribution < 1.29 is 0 Å². The van der Waals surface area contributed by atoms with Gasteiger partial charge in [0.05, 0.1) is 11.7 Å². The van der Waals surface area contributed by atoms with Crippen molar-refractivity contribution in [1.29, 1.82) is 0 Å². The van der Waals surface area contributed by atoms with Crippen molar-refractivity contribution in [2.24, 2.45) is 4.99 Å². The summed E-state index contributed by atoms with van der Waals surface area (Å²) in [6.45, 7) is 0. The van der Waals surface area contributed by atoms with Crippen molar-refractivity contribution in [1.82, 2.24) is 4.98 Å². The van der Waals surface area contributed by atoms with Crippen LogP contribution in [-0.4, -0.2) is 17.0 Å². The fourth-order valence-corrected chi connectivity index (χ4v) is 1.84. The number of aliphatic imine (C=N–C) groups is 1. The number of aromatic nitrogens is 1. The van der Waals surface area contributed by atoms with E-state index in [1.807, 2.05) is 36.4 Å². The van der Waals surface area contributed by atoms with Crippen LogP contribution >= 0.6 is 12.6 Å². The second-order valence-corrected chi connectivity index (χ2v) is 4.01. The lowest BCUT2D eigenvalue weighted by molar-refractivity contribution is 0.840. The molecule has 0 bridgehead atoms. The molecule has 0 aliphatic carbocycles.